The molecule has 0 aliphatic carbocycles. The van der Waals surface area contributed by atoms with Gasteiger partial charge in [0.25, 0.3) is 0 Å². The van der Waals surface area contributed by atoms with Gasteiger partial charge in [0, 0.05) is 30.2 Å². The Morgan fingerprint density at radius 1 is 1.14 bits per heavy atom. The van der Waals surface area contributed by atoms with E-state index in [2.05, 4.69) is 10.6 Å². The van der Waals surface area contributed by atoms with Crippen molar-refractivity contribution in [3.8, 4) is 0 Å². The number of nitrogens with one attached hydrogen (secondary N) is 2. The summed E-state index contributed by atoms with van der Waals surface area (Å²) in [5.74, 6) is -3.43. The minimum Gasteiger partial charge on any atom is -0.481 e. The topological polar surface area (TPSA) is 147 Å². The fraction of sp³-hybridized carbons (Fsp3) is 0.217. The summed E-state index contributed by atoms with van der Waals surface area (Å²) < 4.78 is 15.3. The van der Waals surface area contributed by atoms with Crippen LogP contribution in [-0.4, -0.2) is 51.1 Å². The monoisotopic (exact) mass is 501 g/mol. The van der Waals surface area contributed by atoms with Crippen molar-refractivity contribution < 1.29 is 28.7 Å². The van der Waals surface area contributed by atoms with E-state index >= 15 is 0 Å². The van der Waals surface area contributed by atoms with Crippen molar-refractivity contribution >= 4 is 52.1 Å². The summed E-state index contributed by atoms with van der Waals surface area (Å²) in [6, 6.07) is 8.52. The zero-order valence-electron chi connectivity index (χ0n) is 18.2. The third kappa shape index (κ3) is 4.76. The number of benzene rings is 2. The summed E-state index contributed by atoms with van der Waals surface area (Å²) in [7, 11) is 0. The second kappa shape index (κ2) is 9.63. The number of hydrogen-bond acceptors (Lipinski definition) is 4. The lowest BCUT2D eigenvalue weighted by Gasteiger charge is -2.24. The molecule has 0 spiro atoms. The second-order valence-corrected chi connectivity index (χ2v) is 8.48. The molecule has 0 bridgehead atoms. The van der Waals surface area contributed by atoms with Gasteiger partial charge in [-0.25, -0.2) is 14.0 Å². The van der Waals surface area contributed by atoms with Crippen LogP contribution in [0.5, 0.6) is 0 Å². The van der Waals surface area contributed by atoms with E-state index in [1.165, 1.54) is 29.0 Å². The number of para-hydroxylation sites is 1. The highest BCUT2D eigenvalue weighted by Crippen LogP contribution is 2.29. The van der Waals surface area contributed by atoms with Gasteiger partial charge >= 0.3 is 18.0 Å². The molecule has 5 N–H and O–H groups in total. The second-order valence-electron chi connectivity index (χ2n) is 8.07. The van der Waals surface area contributed by atoms with E-state index in [0.717, 1.165) is 4.90 Å². The Bertz CT molecular complexity index is 1340. The van der Waals surface area contributed by atoms with E-state index in [-0.39, 0.29) is 35.8 Å². The number of carboxylic acids is 1. The van der Waals surface area contributed by atoms with Gasteiger partial charge in [0.1, 0.15) is 11.9 Å². The molecule has 35 heavy (non-hydrogen) atoms. The number of carbonyl (C=O) groups excluding carboxylic acids is 3. The molecule has 2 heterocycles. The fourth-order valence-corrected chi connectivity index (χ4v) is 4.32. The quantitative estimate of drug-likeness (QED) is 0.424. The zero-order chi connectivity index (χ0) is 25.3. The Balaban J connectivity index is 1.55. The minimum absolute atomic E-state index is 0.0975. The van der Waals surface area contributed by atoms with Crippen LogP contribution in [0.15, 0.2) is 48.7 Å². The van der Waals surface area contributed by atoms with Gasteiger partial charge in [-0.3, -0.25) is 14.2 Å². The molecule has 2 atom stereocenters. The van der Waals surface area contributed by atoms with Gasteiger partial charge in [0.05, 0.1) is 22.1 Å². The lowest BCUT2D eigenvalue weighted by atomic mass is 10.1. The highest BCUT2D eigenvalue weighted by Gasteiger charge is 2.42. The molecule has 1 aliphatic rings. The summed E-state index contributed by atoms with van der Waals surface area (Å²) in [6.07, 6.45) is 1.24. The number of urea groups is 1. The molecule has 12 heteroatoms. The number of aromatic nitrogens is 1. The lowest BCUT2D eigenvalue weighted by molar-refractivity contribution is -0.141. The van der Waals surface area contributed by atoms with Crippen LogP contribution in [0.3, 0.4) is 0 Å². The predicted octanol–water partition coefficient (Wildman–Crippen LogP) is 2.98. The molecule has 1 aromatic heterocycles. The van der Waals surface area contributed by atoms with E-state index in [1.54, 1.807) is 24.3 Å². The number of rotatable bonds is 5. The van der Waals surface area contributed by atoms with Crippen LogP contribution < -0.4 is 16.4 Å². The Morgan fingerprint density at radius 2 is 1.89 bits per heavy atom. The number of carbonyl (C=O) groups is 4. The maximum Gasteiger partial charge on any atom is 0.323 e. The number of carboxylic acid groups (broad SMARTS) is 1. The van der Waals surface area contributed by atoms with Crippen molar-refractivity contribution in [3.63, 3.8) is 0 Å². The van der Waals surface area contributed by atoms with Crippen LogP contribution in [0, 0.1) is 11.7 Å². The first-order chi connectivity index (χ1) is 16.7. The third-order valence-corrected chi connectivity index (χ3v) is 6.18. The van der Waals surface area contributed by atoms with Gasteiger partial charge in [0.2, 0.25) is 5.91 Å². The van der Waals surface area contributed by atoms with Crippen molar-refractivity contribution in [1.82, 2.24) is 14.8 Å². The zero-order valence-corrected chi connectivity index (χ0v) is 19.0. The first-order valence-corrected chi connectivity index (χ1v) is 11.0. The highest BCUT2D eigenvalue weighted by molar-refractivity contribution is 6.30. The molecule has 3 aromatic rings. The van der Waals surface area contributed by atoms with E-state index in [1.807, 2.05) is 0 Å². The van der Waals surface area contributed by atoms with Crippen molar-refractivity contribution in [2.45, 2.75) is 19.0 Å². The number of nitrogens with two attached hydrogens (primary N) is 1. The summed E-state index contributed by atoms with van der Waals surface area (Å²) in [5.41, 5.74) is 6.29. The number of halogens is 2. The van der Waals surface area contributed by atoms with Crippen LogP contribution in [0.2, 0.25) is 5.02 Å². The maximum absolute atomic E-state index is 14.2. The molecule has 1 aliphatic heterocycles. The number of amides is 4. The minimum atomic E-state index is -1.15. The number of anilines is 1. The third-order valence-electron chi connectivity index (χ3n) is 5.89. The molecule has 1 fully saturated rings. The van der Waals surface area contributed by atoms with Gasteiger partial charge in [-0.05, 0) is 18.6 Å². The van der Waals surface area contributed by atoms with Crippen LogP contribution in [0.4, 0.5) is 19.7 Å². The molecule has 0 unspecified atom stereocenters. The number of primary amides is 1. The van der Waals surface area contributed by atoms with E-state index in [0.29, 0.717) is 10.9 Å². The van der Waals surface area contributed by atoms with Crippen LogP contribution in [0.1, 0.15) is 12.0 Å². The molecular weight excluding hydrogens is 481 g/mol. The molecule has 4 rings (SSSR count). The van der Waals surface area contributed by atoms with Crippen LogP contribution in [-0.2, 0) is 16.1 Å². The predicted molar refractivity (Wildman–Crippen MR) is 125 cm³/mol. The Labute approximate surface area is 203 Å². The van der Waals surface area contributed by atoms with Gasteiger partial charge in [0.15, 0.2) is 0 Å². The molecule has 4 amide bonds. The van der Waals surface area contributed by atoms with Crippen molar-refractivity contribution in [2.75, 3.05) is 11.9 Å². The van der Waals surface area contributed by atoms with Crippen LogP contribution >= 0.6 is 11.6 Å². The summed E-state index contributed by atoms with van der Waals surface area (Å²) in [5, 5.41) is 15.1. The Morgan fingerprint density at radius 3 is 2.60 bits per heavy atom. The first-order valence-electron chi connectivity index (χ1n) is 10.6. The van der Waals surface area contributed by atoms with Crippen molar-refractivity contribution in [1.29, 1.82) is 0 Å². The Kier molecular flexibility index (Phi) is 6.61. The molecule has 10 nitrogen and oxygen atoms in total. The lowest BCUT2D eigenvalue weighted by Crippen LogP contribution is -2.47. The van der Waals surface area contributed by atoms with E-state index in [4.69, 9.17) is 17.3 Å². The summed E-state index contributed by atoms with van der Waals surface area (Å²) >= 11 is 5.77. The maximum atomic E-state index is 14.2. The molecular formula is C23H21ClFN5O5. The number of aliphatic carboxylic acids is 1. The van der Waals surface area contributed by atoms with Gasteiger partial charge < -0.3 is 26.4 Å². The fourth-order valence-electron chi connectivity index (χ4n) is 4.12. The number of hydrogen-bond donors (Lipinski definition) is 4. The summed E-state index contributed by atoms with van der Waals surface area (Å²) in [6.45, 7) is -0.403. The van der Waals surface area contributed by atoms with E-state index in [9.17, 15) is 28.7 Å². The first kappa shape index (κ1) is 24.0. The van der Waals surface area contributed by atoms with Gasteiger partial charge in [-0.15, -0.1) is 0 Å². The van der Waals surface area contributed by atoms with Gasteiger partial charge in [-0.2, -0.15) is 0 Å². The molecule has 182 valence electrons. The average molecular weight is 502 g/mol. The van der Waals surface area contributed by atoms with Crippen molar-refractivity contribution in [2.24, 2.45) is 11.7 Å². The normalized spacial score (nSPS) is 17.4. The van der Waals surface area contributed by atoms with E-state index < -0.39 is 41.7 Å². The van der Waals surface area contributed by atoms with Crippen LogP contribution in [0.25, 0.3) is 10.9 Å². The molecule has 0 saturated carbocycles. The van der Waals surface area contributed by atoms with Crippen molar-refractivity contribution in [3.05, 3.63) is 65.1 Å². The standard InChI is InChI=1S/C23H21ClFN5O5/c24-15-6-3-4-12(19(15)25)9-27-20(31)18-8-13(21(32)33)10-30(18)23(35)28-16-11-29(22(26)34)17-7-2-1-5-14(16)17/h1-7,11,13,18H,8-10H2,(H2,26,34)(H,27,31)(H,28,35)(H,32,33)/t13-,18-/m0/s1. The number of likely N-dealkylation sites (tertiary alicyclic amines) is 1. The largest absolute Gasteiger partial charge is 0.481 e. The average Bonchev–Trinajstić information content (AvgIpc) is 3.43. The molecule has 0 radical (unpaired) electrons. The number of fused-ring (bicyclic) bond motifs is 1. The summed E-state index contributed by atoms with van der Waals surface area (Å²) in [4.78, 5) is 50.5. The molecule has 1 saturated heterocycles. The number of nitrogens with zero attached hydrogens (tertiary/aromatic N) is 2. The molecule has 2 aromatic carbocycles. The SMILES string of the molecule is NC(=O)n1cc(NC(=O)N2C[C@@H](C(=O)O)C[C@H]2C(=O)NCc2cccc(Cl)c2F)c2ccccc21. The Hall–Kier alpha value is -4.12. The van der Waals surface area contributed by atoms with Gasteiger partial charge in [-0.1, -0.05) is 41.9 Å². The smallest absolute Gasteiger partial charge is 0.323 e. The highest BCUT2D eigenvalue weighted by atomic mass is 35.5.